The van der Waals surface area contributed by atoms with Gasteiger partial charge in [-0.25, -0.2) is 13.1 Å². The van der Waals surface area contributed by atoms with Crippen molar-refractivity contribution in [3.05, 3.63) is 36.2 Å². The van der Waals surface area contributed by atoms with Gasteiger partial charge in [-0.1, -0.05) is 6.07 Å². The zero-order valence-electron chi connectivity index (χ0n) is 9.30. The number of ether oxygens (including phenoxy) is 1. The molecule has 1 aromatic rings. The van der Waals surface area contributed by atoms with E-state index in [0.717, 1.165) is 11.8 Å². The standard InChI is InChI=1S/C10H15N2O3S/c1-15-10(5-7-12-16(2,13)14)9-4-3-6-11-8-9/h3-4,6,8,12H,5,7H2,1-2H3. The summed E-state index contributed by atoms with van der Waals surface area (Å²) in [4.78, 5) is 3.97. The molecule has 0 fully saturated rings. The Kier molecular flexibility index (Phi) is 4.85. The van der Waals surface area contributed by atoms with Crippen LogP contribution in [0.3, 0.4) is 0 Å². The normalized spacial score (nSPS) is 11.9. The van der Waals surface area contributed by atoms with Crippen molar-refractivity contribution < 1.29 is 13.2 Å². The zero-order chi connectivity index (χ0) is 12.0. The Hall–Kier alpha value is -0.980. The van der Waals surface area contributed by atoms with E-state index in [9.17, 15) is 8.42 Å². The summed E-state index contributed by atoms with van der Waals surface area (Å²) in [5, 5.41) is 0. The molecule has 0 bridgehead atoms. The van der Waals surface area contributed by atoms with Crippen molar-refractivity contribution in [2.24, 2.45) is 0 Å². The van der Waals surface area contributed by atoms with Gasteiger partial charge in [0.2, 0.25) is 10.0 Å². The van der Waals surface area contributed by atoms with Gasteiger partial charge in [0.15, 0.2) is 0 Å². The minimum atomic E-state index is -3.14. The monoisotopic (exact) mass is 243 g/mol. The number of rotatable bonds is 6. The van der Waals surface area contributed by atoms with E-state index in [4.69, 9.17) is 4.74 Å². The maximum atomic E-state index is 10.9. The molecule has 0 saturated heterocycles. The van der Waals surface area contributed by atoms with Crippen molar-refractivity contribution in [3.63, 3.8) is 0 Å². The molecule has 0 aliphatic rings. The fourth-order valence-corrected chi connectivity index (χ4v) is 1.71. The molecular weight excluding hydrogens is 228 g/mol. The SMILES string of the molecule is CO[C](CCNS(C)(=O)=O)c1cccnc1. The number of sulfonamides is 1. The molecule has 0 unspecified atom stereocenters. The lowest BCUT2D eigenvalue weighted by molar-refractivity contribution is 0.217. The van der Waals surface area contributed by atoms with Gasteiger partial charge in [0.1, 0.15) is 6.10 Å². The Labute approximate surface area is 95.9 Å². The number of pyridine rings is 1. The van der Waals surface area contributed by atoms with Gasteiger partial charge in [-0.15, -0.1) is 0 Å². The third kappa shape index (κ3) is 4.69. The van der Waals surface area contributed by atoms with Crippen LogP contribution in [0.5, 0.6) is 0 Å². The van der Waals surface area contributed by atoms with Crippen LogP contribution < -0.4 is 4.72 Å². The van der Waals surface area contributed by atoms with Crippen LogP contribution in [0.25, 0.3) is 0 Å². The van der Waals surface area contributed by atoms with Crippen molar-refractivity contribution in [2.45, 2.75) is 6.42 Å². The van der Waals surface area contributed by atoms with Crippen molar-refractivity contribution in [2.75, 3.05) is 19.9 Å². The quantitative estimate of drug-likeness (QED) is 0.792. The Bertz CT molecular complexity index is 405. The van der Waals surface area contributed by atoms with E-state index in [1.54, 1.807) is 25.6 Å². The van der Waals surface area contributed by atoms with Crippen molar-refractivity contribution in [3.8, 4) is 0 Å². The Morgan fingerprint density at radius 1 is 1.56 bits per heavy atom. The summed E-state index contributed by atoms with van der Waals surface area (Å²) >= 11 is 0. The molecule has 1 heterocycles. The highest BCUT2D eigenvalue weighted by Gasteiger charge is 2.12. The maximum Gasteiger partial charge on any atom is 0.208 e. The summed E-state index contributed by atoms with van der Waals surface area (Å²) in [6.45, 7) is 0.316. The lowest BCUT2D eigenvalue weighted by Crippen LogP contribution is -2.24. The second-order valence-corrected chi connectivity index (χ2v) is 5.12. The van der Waals surface area contributed by atoms with E-state index in [0.29, 0.717) is 19.1 Å². The van der Waals surface area contributed by atoms with Gasteiger partial charge in [0.25, 0.3) is 0 Å². The first-order valence-electron chi connectivity index (χ1n) is 4.78. The predicted octanol–water partition coefficient (Wildman–Crippen LogP) is 0.547. The van der Waals surface area contributed by atoms with Gasteiger partial charge in [-0.05, 0) is 12.5 Å². The largest absolute Gasteiger partial charge is 0.370 e. The van der Waals surface area contributed by atoms with E-state index < -0.39 is 10.0 Å². The van der Waals surface area contributed by atoms with Gasteiger partial charge in [-0.2, -0.15) is 0 Å². The molecule has 0 aliphatic carbocycles. The highest BCUT2D eigenvalue weighted by molar-refractivity contribution is 7.88. The first-order chi connectivity index (χ1) is 7.53. The fourth-order valence-electron chi connectivity index (χ4n) is 1.24. The molecule has 0 spiro atoms. The molecule has 1 rings (SSSR count). The summed E-state index contributed by atoms with van der Waals surface area (Å²) in [6, 6.07) is 3.67. The van der Waals surface area contributed by atoms with E-state index >= 15 is 0 Å². The molecule has 0 aliphatic heterocycles. The molecule has 1 aromatic heterocycles. The molecular formula is C10H15N2O3S. The lowest BCUT2D eigenvalue weighted by atomic mass is 10.1. The van der Waals surface area contributed by atoms with Gasteiger partial charge >= 0.3 is 0 Å². The van der Waals surface area contributed by atoms with Crippen molar-refractivity contribution in [1.82, 2.24) is 9.71 Å². The fraction of sp³-hybridized carbons (Fsp3) is 0.400. The highest BCUT2D eigenvalue weighted by atomic mass is 32.2. The van der Waals surface area contributed by atoms with Crippen LogP contribution in [-0.2, 0) is 14.8 Å². The number of nitrogens with one attached hydrogen (secondary N) is 1. The molecule has 0 amide bonds. The average Bonchev–Trinajstić information content (AvgIpc) is 2.24. The van der Waals surface area contributed by atoms with Gasteiger partial charge < -0.3 is 4.74 Å². The minimum Gasteiger partial charge on any atom is -0.370 e. The smallest absolute Gasteiger partial charge is 0.208 e. The van der Waals surface area contributed by atoms with Crippen LogP contribution in [0, 0.1) is 6.10 Å². The summed E-state index contributed by atoms with van der Waals surface area (Å²) < 4.78 is 29.3. The van der Waals surface area contributed by atoms with Crippen LogP contribution in [0.2, 0.25) is 0 Å². The van der Waals surface area contributed by atoms with Crippen LogP contribution in [0.15, 0.2) is 24.5 Å². The number of hydrogen-bond donors (Lipinski definition) is 1. The molecule has 6 heteroatoms. The minimum absolute atomic E-state index is 0.316. The molecule has 1 radical (unpaired) electrons. The third-order valence-corrected chi connectivity index (χ3v) is 2.67. The van der Waals surface area contributed by atoms with Crippen LogP contribution in [-0.4, -0.2) is 33.3 Å². The third-order valence-electron chi connectivity index (χ3n) is 1.95. The van der Waals surface area contributed by atoms with Crippen LogP contribution >= 0.6 is 0 Å². The predicted molar refractivity (Wildman–Crippen MR) is 61.1 cm³/mol. The maximum absolute atomic E-state index is 10.9. The molecule has 5 nitrogen and oxygen atoms in total. The molecule has 1 N–H and O–H groups in total. The summed E-state index contributed by atoms with van der Waals surface area (Å²) in [5.41, 5.74) is 0.861. The van der Waals surface area contributed by atoms with E-state index in [1.165, 1.54) is 0 Å². The first-order valence-corrected chi connectivity index (χ1v) is 6.67. The molecule has 89 valence electrons. The molecule has 0 saturated carbocycles. The first kappa shape index (κ1) is 13.1. The van der Waals surface area contributed by atoms with Crippen molar-refractivity contribution >= 4 is 10.0 Å². The van der Waals surface area contributed by atoms with Gasteiger partial charge in [0.05, 0.1) is 6.26 Å². The topological polar surface area (TPSA) is 68.3 Å². The summed E-state index contributed by atoms with van der Waals surface area (Å²) in [7, 11) is -1.59. The summed E-state index contributed by atoms with van der Waals surface area (Å²) in [5.74, 6) is 0. The van der Waals surface area contributed by atoms with E-state index in [2.05, 4.69) is 9.71 Å². The highest BCUT2D eigenvalue weighted by Crippen LogP contribution is 2.17. The molecule has 0 aromatic carbocycles. The molecule has 16 heavy (non-hydrogen) atoms. The Balaban J connectivity index is 2.51. The zero-order valence-corrected chi connectivity index (χ0v) is 10.1. The Morgan fingerprint density at radius 3 is 2.81 bits per heavy atom. The van der Waals surface area contributed by atoms with E-state index in [1.807, 2.05) is 6.07 Å². The molecule has 0 atom stereocenters. The summed E-state index contributed by atoms with van der Waals surface area (Å²) in [6.07, 6.45) is 5.69. The second-order valence-electron chi connectivity index (χ2n) is 3.29. The second kappa shape index (κ2) is 5.93. The number of methoxy groups -OCH3 is 1. The lowest BCUT2D eigenvalue weighted by Gasteiger charge is -2.13. The van der Waals surface area contributed by atoms with Crippen LogP contribution in [0.4, 0.5) is 0 Å². The van der Waals surface area contributed by atoms with Gasteiger partial charge in [0, 0.05) is 31.6 Å². The van der Waals surface area contributed by atoms with Gasteiger partial charge in [-0.3, -0.25) is 4.98 Å². The number of hydrogen-bond acceptors (Lipinski definition) is 4. The van der Waals surface area contributed by atoms with Crippen LogP contribution in [0.1, 0.15) is 12.0 Å². The Morgan fingerprint density at radius 2 is 2.31 bits per heavy atom. The average molecular weight is 243 g/mol. The van der Waals surface area contributed by atoms with E-state index in [-0.39, 0.29) is 0 Å². The number of aromatic nitrogens is 1. The van der Waals surface area contributed by atoms with Crippen molar-refractivity contribution in [1.29, 1.82) is 0 Å². The number of nitrogens with zero attached hydrogens (tertiary/aromatic N) is 1.